The van der Waals surface area contributed by atoms with Crippen molar-refractivity contribution in [3.05, 3.63) is 35.9 Å². The average Bonchev–Trinajstić information content (AvgIpc) is 2.40. The van der Waals surface area contributed by atoms with Gasteiger partial charge in [-0.05, 0) is 18.4 Å². The predicted octanol–water partition coefficient (Wildman–Crippen LogP) is 1.41. The summed E-state index contributed by atoms with van der Waals surface area (Å²) in [6.45, 7) is 4.86. The highest BCUT2D eigenvalue weighted by Crippen LogP contribution is 2.14. The lowest BCUT2D eigenvalue weighted by Crippen LogP contribution is -2.54. The molecule has 0 bridgehead atoms. The Hall–Kier alpha value is -1.10. The molecule has 2 N–H and O–H groups in total. The Morgan fingerprint density at radius 3 is 2.43 bits per heavy atom. The molecule has 2 aliphatic rings. The molecule has 0 saturated carbocycles. The van der Waals surface area contributed by atoms with Crippen LogP contribution in [0, 0.1) is 5.92 Å². The maximum absolute atomic E-state index is 11.9. The van der Waals surface area contributed by atoms with E-state index in [1.54, 1.807) is 0 Å². The van der Waals surface area contributed by atoms with Gasteiger partial charge in [-0.2, -0.15) is 0 Å². The first-order chi connectivity index (χ1) is 9.81. The van der Waals surface area contributed by atoms with Crippen LogP contribution < -0.4 is 10.6 Å². The summed E-state index contributed by atoms with van der Waals surface area (Å²) in [7, 11) is 0. The summed E-state index contributed by atoms with van der Waals surface area (Å²) in [4.78, 5) is 14.4. The second kappa shape index (κ2) is 7.78. The van der Waals surface area contributed by atoms with Crippen molar-refractivity contribution in [2.75, 3.05) is 26.2 Å². The summed E-state index contributed by atoms with van der Waals surface area (Å²) in [5, 5.41) is 6.34. The Morgan fingerprint density at radius 2 is 1.86 bits per heavy atom. The van der Waals surface area contributed by atoms with E-state index in [0.29, 0.717) is 6.04 Å². The number of halogens is 1. The highest BCUT2D eigenvalue weighted by atomic mass is 35.5. The molecule has 116 valence electrons. The van der Waals surface area contributed by atoms with Gasteiger partial charge in [0, 0.05) is 38.8 Å². The number of rotatable bonds is 4. The van der Waals surface area contributed by atoms with Crippen molar-refractivity contribution in [1.82, 2.24) is 15.5 Å². The molecule has 0 spiro atoms. The van der Waals surface area contributed by atoms with Crippen LogP contribution in [0.15, 0.2) is 30.3 Å². The van der Waals surface area contributed by atoms with Gasteiger partial charge in [-0.15, -0.1) is 12.4 Å². The van der Waals surface area contributed by atoms with Gasteiger partial charge in [-0.3, -0.25) is 9.69 Å². The minimum atomic E-state index is 0. The summed E-state index contributed by atoms with van der Waals surface area (Å²) in [6.07, 6.45) is 2.14. The van der Waals surface area contributed by atoms with Gasteiger partial charge >= 0.3 is 0 Å². The summed E-state index contributed by atoms with van der Waals surface area (Å²) in [5.74, 6) is 0.447. The van der Waals surface area contributed by atoms with Crippen LogP contribution in [0.2, 0.25) is 0 Å². The van der Waals surface area contributed by atoms with Crippen LogP contribution in [-0.2, 0) is 11.3 Å². The van der Waals surface area contributed by atoms with Crippen molar-refractivity contribution < 1.29 is 4.79 Å². The molecule has 2 heterocycles. The molecule has 0 radical (unpaired) electrons. The van der Waals surface area contributed by atoms with Crippen molar-refractivity contribution in [2.24, 2.45) is 5.92 Å². The first-order valence-electron chi connectivity index (χ1n) is 7.58. The molecule has 0 unspecified atom stereocenters. The number of benzene rings is 1. The molecular weight excluding hydrogens is 286 g/mol. The maximum atomic E-state index is 11.9. The smallest absolute Gasteiger partial charge is 0.225 e. The van der Waals surface area contributed by atoms with E-state index in [2.05, 4.69) is 45.9 Å². The van der Waals surface area contributed by atoms with Crippen LogP contribution in [0.5, 0.6) is 0 Å². The highest BCUT2D eigenvalue weighted by molar-refractivity contribution is 5.85. The van der Waals surface area contributed by atoms with Crippen molar-refractivity contribution >= 4 is 18.3 Å². The van der Waals surface area contributed by atoms with Crippen molar-refractivity contribution in [3.63, 3.8) is 0 Å². The zero-order valence-corrected chi connectivity index (χ0v) is 13.1. The molecule has 2 saturated heterocycles. The Kier molecular flexibility index (Phi) is 6.03. The van der Waals surface area contributed by atoms with E-state index >= 15 is 0 Å². The monoisotopic (exact) mass is 309 g/mol. The Labute approximate surface area is 132 Å². The van der Waals surface area contributed by atoms with Crippen molar-refractivity contribution in [1.29, 1.82) is 0 Å². The van der Waals surface area contributed by atoms with Gasteiger partial charge < -0.3 is 10.6 Å². The Bertz CT molecular complexity index is 442. The highest BCUT2D eigenvalue weighted by Gasteiger charge is 2.28. The number of hydrogen-bond acceptors (Lipinski definition) is 3. The third kappa shape index (κ3) is 4.43. The molecule has 1 aromatic rings. The molecular formula is C16H24ClN3O. The second-order valence-electron chi connectivity index (χ2n) is 5.90. The summed E-state index contributed by atoms with van der Waals surface area (Å²) in [5.41, 5.74) is 1.37. The van der Waals surface area contributed by atoms with Crippen LogP contribution in [0.3, 0.4) is 0 Å². The fourth-order valence-corrected chi connectivity index (χ4v) is 2.87. The molecule has 2 aliphatic heterocycles. The van der Waals surface area contributed by atoms with E-state index in [4.69, 9.17) is 0 Å². The van der Waals surface area contributed by atoms with E-state index < -0.39 is 0 Å². The quantitative estimate of drug-likeness (QED) is 0.884. The second-order valence-corrected chi connectivity index (χ2v) is 5.90. The number of carbonyl (C=O) groups is 1. The molecule has 1 amide bonds. The molecule has 3 rings (SSSR count). The number of piperidine rings is 1. The predicted molar refractivity (Wildman–Crippen MR) is 86.5 cm³/mol. The molecule has 0 atom stereocenters. The summed E-state index contributed by atoms with van der Waals surface area (Å²) < 4.78 is 0. The minimum absolute atomic E-state index is 0. The largest absolute Gasteiger partial charge is 0.353 e. The number of nitrogens with zero attached hydrogens (tertiary/aromatic N) is 1. The lowest BCUT2D eigenvalue weighted by Gasteiger charge is -2.34. The number of hydrogen-bond donors (Lipinski definition) is 2. The van der Waals surface area contributed by atoms with Crippen LogP contribution in [-0.4, -0.2) is 43.0 Å². The van der Waals surface area contributed by atoms with Gasteiger partial charge in [-0.1, -0.05) is 30.3 Å². The first kappa shape index (κ1) is 16.3. The van der Waals surface area contributed by atoms with E-state index in [0.717, 1.165) is 45.6 Å². The van der Waals surface area contributed by atoms with Gasteiger partial charge in [0.15, 0.2) is 0 Å². The van der Waals surface area contributed by atoms with E-state index in [-0.39, 0.29) is 24.2 Å². The van der Waals surface area contributed by atoms with Gasteiger partial charge in [0.25, 0.3) is 0 Å². The SMILES string of the molecule is Cl.O=C(NC1CCN(Cc2ccccc2)CC1)C1CNC1. The van der Waals surface area contributed by atoms with Crippen LogP contribution in [0.25, 0.3) is 0 Å². The van der Waals surface area contributed by atoms with Crippen LogP contribution in [0.4, 0.5) is 0 Å². The minimum Gasteiger partial charge on any atom is -0.353 e. The zero-order valence-electron chi connectivity index (χ0n) is 12.3. The third-order valence-electron chi connectivity index (χ3n) is 4.34. The normalized spacial score (nSPS) is 20.4. The molecule has 1 aromatic carbocycles. The number of likely N-dealkylation sites (tertiary alicyclic amines) is 1. The zero-order chi connectivity index (χ0) is 13.8. The summed E-state index contributed by atoms with van der Waals surface area (Å²) in [6, 6.07) is 11.0. The third-order valence-corrected chi connectivity index (χ3v) is 4.34. The molecule has 2 fully saturated rings. The van der Waals surface area contributed by atoms with Gasteiger partial charge in [-0.25, -0.2) is 0 Å². The topological polar surface area (TPSA) is 44.4 Å². The van der Waals surface area contributed by atoms with Gasteiger partial charge in [0.05, 0.1) is 5.92 Å². The lowest BCUT2D eigenvalue weighted by molar-refractivity contribution is -0.127. The summed E-state index contributed by atoms with van der Waals surface area (Å²) >= 11 is 0. The fourth-order valence-electron chi connectivity index (χ4n) is 2.87. The molecule has 5 heteroatoms. The molecule has 4 nitrogen and oxygen atoms in total. The molecule has 21 heavy (non-hydrogen) atoms. The van der Waals surface area contributed by atoms with Crippen LogP contribution >= 0.6 is 12.4 Å². The van der Waals surface area contributed by atoms with Gasteiger partial charge in [0.1, 0.15) is 0 Å². The van der Waals surface area contributed by atoms with E-state index in [1.807, 2.05) is 0 Å². The number of amides is 1. The van der Waals surface area contributed by atoms with Crippen LogP contribution in [0.1, 0.15) is 18.4 Å². The first-order valence-corrected chi connectivity index (χ1v) is 7.58. The Balaban J connectivity index is 0.00000161. The maximum Gasteiger partial charge on any atom is 0.225 e. The lowest BCUT2D eigenvalue weighted by atomic mass is 9.99. The Morgan fingerprint density at radius 1 is 1.19 bits per heavy atom. The molecule has 0 aromatic heterocycles. The number of nitrogens with one attached hydrogen (secondary N) is 2. The standard InChI is InChI=1S/C16H23N3O.ClH/c20-16(14-10-17-11-14)18-15-6-8-19(9-7-15)12-13-4-2-1-3-5-13;/h1-5,14-15,17H,6-12H2,(H,18,20);1H. The number of carbonyl (C=O) groups excluding carboxylic acids is 1. The fraction of sp³-hybridized carbons (Fsp3) is 0.562. The van der Waals surface area contributed by atoms with E-state index in [9.17, 15) is 4.79 Å². The van der Waals surface area contributed by atoms with Crippen molar-refractivity contribution in [3.8, 4) is 0 Å². The van der Waals surface area contributed by atoms with E-state index in [1.165, 1.54) is 5.56 Å². The average molecular weight is 310 g/mol. The van der Waals surface area contributed by atoms with Crippen molar-refractivity contribution in [2.45, 2.75) is 25.4 Å². The molecule has 0 aliphatic carbocycles. The van der Waals surface area contributed by atoms with Gasteiger partial charge in [0.2, 0.25) is 5.91 Å².